The van der Waals surface area contributed by atoms with Crippen molar-refractivity contribution in [2.75, 3.05) is 26.2 Å². The Morgan fingerprint density at radius 3 is 2.44 bits per heavy atom. The molecule has 0 spiro atoms. The summed E-state index contributed by atoms with van der Waals surface area (Å²) in [5.74, 6) is 0.349. The van der Waals surface area contributed by atoms with E-state index in [-0.39, 0.29) is 0 Å². The Morgan fingerprint density at radius 2 is 1.89 bits per heavy atom. The number of likely N-dealkylation sites (tertiary alicyclic amines) is 2. The van der Waals surface area contributed by atoms with Gasteiger partial charge >= 0.3 is 0 Å². The SMILES string of the molecule is CC(C)(O)CN1CCC(N2CCCCC2=O)CC1. The molecule has 2 saturated heterocycles. The third kappa shape index (κ3) is 3.69. The van der Waals surface area contributed by atoms with Crippen LogP contribution in [0.4, 0.5) is 0 Å². The number of β-amino-alcohol motifs (C(OH)–C–C–N with tert-alkyl or cyclic N) is 1. The highest BCUT2D eigenvalue weighted by molar-refractivity contribution is 5.77. The van der Waals surface area contributed by atoms with Crippen LogP contribution >= 0.6 is 0 Å². The van der Waals surface area contributed by atoms with Gasteiger partial charge in [0.15, 0.2) is 0 Å². The van der Waals surface area contributed by atoms with E-state index in [9.17, 15) is 9.90 Å². The zero-order valence-corrected chi connectivity index (χ0v) is 11.7. The van der Waals surface area contributed by atoms with E-state index < -0.39 is 5.60 Å². The lowest BCUT2D eigenvalue weighted by molar-refractivity contribution is -0.137. The van der Waals surface area contributed by atoms with E-state index >= 15 is 0 Å². The highest BCUT2D eigenvalue weighted by Gasteiger charge is 2.30. The average Bonchev–Trinajstić information content (AvgIpc) is 2.29. The third-order valence-corrected chi connectivity index (χ3v) is 3.97. The summed E-state index contributed by atoms with van der Waals surface area (Å²) >= 11 is 0. The highest BCUT2D eigenvalue weighted by atomic mass is 16.3. The molecule has 0 saturated carbocycles. The molecule has 4 heteroatoms. The fourth-order valence-electron chi connectivity index (χ4n) is 3.15. The first-order valence-corrected chi connectivity index (χ1v) is 7.20. The number of hydrogen-bond donors (Lipinski definition) is 1. The van der Waals surface area contributed by atoms with Gasteiger partial charge in [-0.15, -0.1) is 0 Å². The second-order valence-electron chi connectivity index (χ2n) is 6.36. The Labute approximate surface area is 110 Å². The summed E-state index contributed by atoms with van der Waals surface area (Å²) in [5, 5.41) is 9.82. The Bertz CT molecular complexity index is 291. The summed E-state index contributed by atoms with van der Waals surface area (Å²) < 4.78 is 0. The van der Waals surface area contributed by atoms with Gasteiger partial charge in [-0.05, 0) is 39.5 Å². The van der Waals surface area contributed by atoms with E-state index in [0.717, 1.165) is 58.3 Å². The number of carbonyl (C=O) groups is 1. The molecular weight excluding hydrogens is 228 g/mol. The maximum Gasteiger partial charge on any atom is 0.222 e. The van der Waals surface area contributed by atoms with Gasteiger partial charge in [0.25, 0.3) is 0 Å². The summed E-state index contributed by atoms with van der Waals surface area (Å²) in [7, 11) is 0. The molecule has 2 heterocycles. The zero-order chi connectivity index (χ0) is 13.2. The number of hydrogen-bond acceptors (Lipinski definition) is 3. The van der Waals surface area contributed by atoms with E-state index in [1.807, 2.05) is 13.8 Å². The van der Waals surface area contributed by atoms with Crippen LogP contribution in [-0.2, 0) is 4.79 Å². The molecule has 2 aliphatic rings. The second kappa shape index (κ2) is 5.57. The van der Waals surface area contributed by atoms with Crippen molar-refractivity contribution in [1.82, 2.24) is 9.80 Å². The molecule has 2 aliphatic heterocycles. The molecule has 0 bridgehead atoms. The third-order valence-electron chi connectivity index (χ3n) is 3.97. The van der Waals surface area contributed by atoms with E-state index in [2.05, 4.69) is 9.80 Å². The summed E-state index contributed by atoms with van der Waals surface area (Å²) in [6, 6.07) is 0.441. The molecule has 1 amide bonds. The van der Waals surface area contributed by atoms with Gasteiger partial charge in [0.2, 0.25) is 5.91 Å². The Hall–Kier alpha value is -0.610. The maximum absolute atomic E-state index is 11.9. The molecule has 0 aromatic carbocycles. The van der Waals surface area contributed by atoms with Crippen molar-refractivity contribution in [3.63, 3.8) is 0 Å². The molecule has 104 valence electrons. The van der Waals surface area contributed by atoms with Gasteiger partial charge in [-0.2, -0.15) is 0 Å². The van der Waals surface area contributed by atoms with Crippen LogP contribution in [0.1, 0.15) is 46.0 Å². The van der Waals surface area contributed by atoms with Gasteiger partial charge in [-0.1, -0.05) is 0 Å². The van der Waals surface area contributed by atoms with Crippen LogP contribution in [0, 0.1) is 0 Å². The van der Waals surface area contributed by atoms with Gasteiger partial charge < -0.3 is 14.9 Å². The number of aliphatic hydroxyl groups is 1. The number of amides is 1. The average molecular weight is 254 g/mol. The first kappa shape index (κ1) is 13.8. The van der Waals surface area contributed by atoms with Crippen LogP contribution in [0.2, 0.25) is 0 Å². The summed E-state index contributed by atoms with van der Waals surface area (Å²) in [6.07, 6.45) is 5.08. The second-order valence-corrected chi connectivity index (χ2v) is 6.36. The maximum atomic E-state index is 11.9. The monoisotopic (exact) mass is 254 g/mol. The van der Waals surface area contributed by atoms with Crippen molar-refractivity contribution in [1.29, 1.82) is 0 Å². The smallest absolute Gasteiger partial charge is 0.222 e. The van der Waals surface area contributed by atoms with E-state index in [0.29, 0.717) is 11.9 Å². The lowest BCUT2D eigenvalue weighted by Crippen LogP contribution is -2.51. The van der Waals surface area contributed by atoms with Crippen LogP contribution in [0.3, 0.4) is 0 Å². The van der Waals surface area contributed by atoms with Gasteiger partial charge in [0.05, 0.1) is 5.60 Å². The normalized spacial score (nSPS) is 24.6. The van der Waals surface area contributed by atoms with E-state index in [4.69, 9.17) is 0 Å². The highest BCUT2D eigenvalue weighted by Crippen LogP contribution is 2.22. The fourth-order valence-corrected chi connectivity index (χ4v) is 3.15. The first-order chi connectivity index (χ1) is 8.46. The van der Waals surface area contributed by atoms with Crippen molar-refractivity contribution in [2.24, 2.45) is 0 Å². The Kier molecular flexibility index (Phi) is 4.28. The van der Waals surface area contributed by atoms with Crippen molar-refractivity contribution >= 4 is 5.91 Å². The molecule has 2 rings (SSSR count). The van der Waals surface area contributed by atoms with Gasteiger partial charge in [-0.3, -0.25) is 4.79 Å². The standard InChI is InChI=1S/C14H26N2O2/c1-14(2,18)11-15-9-6-12(7-10-15)16-8-4-3-5-13(16)17/h12,18H,3-11H2,1-2H3. The fraction of sp³-hybridized carbons (Fsp3) is 0.929. The first-order valence-electron chi connectivity index (χ1n) is 7.20. The number of piperidine rings is 2. The minimum Gasteiger partial charge on any atom is -0.389 e. The largest absolute Gasteiger partial charge is 0.389 e. The summed E-state index contributed by atoms with van der Waals surface area (Å²) in [5.41, 5.74) is -0.617. The lowest BCUT2D eigenvalue weighted by atomic mass is 9.98. The van der Waals surface area contributed by atoms with Crippen LogP contribution in [-0.4, -0.2) is 58.6 Å². The number of carbonyl (C=O) groups excluding carboxylic acids is 1. The van der Waals surface area contributed by atoms with E-state index in [1.54, 1.807) is 0 Å². The lowest BCUT2D eigenvalue weighted by Gasteiger charge is -2.41. The quantitative estimate of drug-likeness (QED) is 0.824. The predicted octanol–water partition coefficient (Wildman–Crippen LogP) is 1.23. The van der Waals surface area contributed by atoms with Gasteiger partial charge in [0.1, 0.15) is 0 Å². The molecule has 0 radical (unpaired) electrons. The van der Waals surface area contributed by atoms with Crippen LogP contribution in [0.15, 0.2) is 0 Å². The van der Waals surface area contributed by atoms with Crippen LogP contribution in [0.5, 0.6) is 0 Å². The van der Waals surface area contributed by atoms with Crippen molar-refractivity contribution < 1.29 is 9.90 Å². The predicted molar refractivity (Wildman–Crippen MR) is 71.3 cm³/mol. The zero-order valence-electron chi connectivity index (χ0n) is 11.7. The summed E-state index contributed by atoms with van der Waals surface area (Å²) in [4.78, 5) is 16.3. The number of rotatable bonds is 3. The van der Waals surface area contributed by atoms with Crippen LogP contribution < -0.4 is 0 Å². The Morgan fingerprint density at radius 1 is 1.22 bits per heavy atom. The van der Waals surface area contributed by atoms with Crippen molar-refractivity contribution in [3.05, 3.63) is 0 Å². The van der Waals surface area contributed by atoms with Crippen LogP contribution in [0.25, 0.3) is 0 Å². The summed E-state index contributed by atoms with van der Waals surface area (Å²) in [6.45, 7) is 7.39. The van der Waals surface area contributed by atoms with Crippen molar-refractivity contribution in [2.45, 2.75) is 57.6 Å². The van der Waals surface area contributed by atoms with Crippen molar-refractivity contribution in [3.8, 4) is 0 Å². The molecule has 0 aliphatic carbocycles. The molecule has 18 heavy (non-hydrogen) atoms. The molecule has 2 fully saturated rings. The molecular formula is C14H26N2O2. The molecule has 0 unspecified atom stereocenters. The van der Waals surface area contributed by atoms with E-state index in [1.165, 1.54) is 0 Å². The molecule has 0 aromatic heterocycles. The minimum absolute atomic E-state index is 0.349. The Balaban J connectivity index is 1.81. The van der Waals surface area contributed by atoms with Gasteiger partial charge in [-0.25, -0.2) is 0 Å². The molecule has 0 aromatic rings. The molecule has 0 atom stereocenters. The molecule has 1 N–H and O–H groups in total. The van der Waals surface area contributed by atoms with Gasteiger partial charge in [0, 0.05) is 38.6 Å². The number of nitrogens with zero attached hydrogens (tertiary/aromatic N) is 2. The molecule has 4 nitrogen and oxygen atoms in total. The topological polar surface area (TPSA) is 43.8 Å². The minimum atomic E-state index is -0.617.